The van der Waals surface area contributed by atoms with E-state index in [9.17, 15) is 33.6 Å². The van der Waals surface area contributed by atoms with Crippen LogP contribution >= 0.6 is 0 Å². The van der Waals surface area contributed by atoms with Crippen LogP contribution in [0.25, 0.3) is 0 Å². The molecule has 0 bridgehead atoms. The fourth-order valence-corrected chi connectivity index (χ4v) is 4.82. The molecule has 0 aromatic heterocycles. The maximum Gasteiger partial charge on any atom is 0.404 e. The van der Waals surface area contributed by atoms with Gasteiger partial charge in [-0.25, -0.2) is 4.79 Å². The van der Waals surface area contributed by atoms with E-state index in [-0.39, 0.29) is 89.7 Å². The molecular formula is C37H64N6O16. The number of carbonyl (C=O) groups excluding carboxylic acids is 6. The smallest absolute Gasteiger partial charge is 0.404 e. The average molecular weight is 849 g/mol. The van der Waals surface area contributed by atoms with Crippen molar-refractivity contribution in [1.82, 2.24) is 31.5 Å². The average Bonchev–Trinajstić information content (AvgIpc) is 3.53. The Labute approximate surface area is 345 Å². The number of amides is 7. The first-order valence-corrected chi connectivity index (χ1v) is 19.8. The van der Waals surface area contributed by atoms with Crippen LogP contribution in [-0.4, -0.2) is 197 Å². The summed E-state index contributed by atoms with van der Waals surface area (Å²) in [6, 6.07) is -1.07. The summed E-state index contributed by atoms with van der Waals surface area (Å²) in [5.41, 5.74) is 0. The van der Waals surface area contributed by atoms with E-state index in [0.29, 0.717) is 92.5 Å². The van der Waals surface area contributed by atoms with E-state index in [1.54, 1.807) is 7.11 Å². The van der Waals surface area contributed by atoms with Gasteiger partial charge >= 0.3 is 6.09 Å². The van der Waals surface area contributed by atoms with Gasteiger partial charge in [-0.3, -0.25) is 33.7 Å². The van der Waals surface area contributed by atoms with E-state index < -0.39 is 35.8 Å². The zero-order chi connectivity index (χ0) is 43.2. The van der Waals surface area contributed by atoms with Crippen molar-refractivity contribution in [2.24, 2.45) is 0 Å². The molecule has 22 nitrogen and oxygen atoms in total. The minimum atomic E-state index is -1.20. The lowest BCUT2D eigenvalue weighted by Crippen LogP contribution is -2.47. The van der Waals surface area contributed by atoms with Crippen LogP contribution in [0.1, 0.15) is 38.5 Å². The van der Waals surface area contributed by atoms with Gasteiger partial charge in [-0.1, -0.05) is 0 Å². The zero-order valence-electron chi connectivity index (χ0n) is 34.1. The van der Waals surface area contributed by atoms with Crippen LogP contribution in [0.4, 0.5) is 4.79 Å². The quantitative estimate of drug-likeness (QED) is 0.0291. The monoisotopic (exact) mass is 848 g/mol. The van der Waals surface area contributed by atoms with E-state index in [1.807, 2.05) is 0 Å². The number of rotatable bonds is 40. The van der Waals surface area contributed by atoms with Crippen LogP contribution < -0.4 is 26.6 Å². The van der Waals surface area contributed by atoms with E-state index in [2.05, 4.69) is 26.6 Å². The number of nitrogens with one attached hydrogen (secondary N) is 5. The third kappa shape index (κ3) is 31.3. The van der Waals surface area contributed by atoms with Crippen LogP contribution in [0.15, 0.2) is 12.2 Å². The number of nitrogens with zero attached hydrogens (tertiary/aromatic N) is 1. The maximum absolute atomic E-state index is 13.0. The summed E-state index contributed by atoms with van der Waals surface area (Å²) in [7, 11) is 1.62. The van der Waals surface area contributed by atoms with Crippen LogP contribution in [0.3, 0.4) is 0 Å². The molecule has 1 rings (SSSR count). The molecule has 0 radical (unpaired) electrons. The number of ether oxygens (including phenoxy) is 8. The topological polar surface area (TPSA) is 277 Å². The lowest BCUT2D eigenvalue weighted by Gasteiger charge is -2.19. The molecule has 338 valence electrons. The summed E-state index contributed by atoms with van der Waals surface area (Å²) in [5, 5.41) is 21.2. The predicted molar refractivity (Wildman–Crippen MR) is 208 cm³/mol. The molecule has 6 N–H and O–H groups in total. The standard InChI is InChI=1S/C37H64N6O16/c1-52-16-17-54-20-21-56-24-25-58-28-29-59-27-26-57-23-22-55-19-18-53-15-13-39-32(45)7-6-30(42-33(46)5-3-14-43-34(47)8-9-35(43)48)36(49)40-10-2-4-31(44)38-11-12-41-37(50)51/h8-9,30,41H,2-7,10-29H2,1H3,(H,38,44)(H,39,45)(H,40,49)(H,42,46)(H,50,51)/t30-/m0/s1. The van der Waals surface area contributed by atoms with Crippen molar-refractivity contribution in [3.05, 3.63) is 12.2 Å². The molecule has 1 aliphatic heterocycles. The van der Waals surface area contributed by atoms with Gasteiger partial charge in [0.05, 0.1) is 99.1 Å². The van der Waals surface area contributed by atoms with Crippen LogP contribution in [0.5, 0.6) is 0 Å². The number of hydrogen-bond acceptors (Lipinski definition) is 15. The van der Waals surface area contributed by atoms with Crippen molar-refractivity contribution >= 4 is 41.5 Å². The third-order valence-corrected chi connectivity index (χ3v) is 7.83. The molecular weight excluding hydrogens is 784 g/mol. The molecule has 0 saturated heterocycles. The molecule has 0 fully saturated rings. The Bertz CT molecular complexity index is 1230. The van der Waals surface area contributed by atoms with Gasteiger partial charge in [-0.05, 0) is 19.3 Å². The van der Waals surface area contributed by atoms with Crippen molar-refractivity contribution in [2.75, 3.05) is 139 Å². The van der Waals surface area contributed by atoms with Crippen molar-refractivity contribution in [3.63, 3.8) is 0 Å². The van der Waals surface area contributed by atoms with Gasteiger partial charge in [0.2, 0.25) is 23.6 Å². The first-order chi connectivity index (χ1) is 28.6. The van der Waals surface area contributed by atoms with E-state index in [4.69, 9.17) is 43.0 Å². The van der Waals surface area contributed by atoms with Crippen LogP contribution in [0, 0.1) is 0 Å². The van der Waals surface area contributed by atoms with Gasteiger partial charge in [0.25, 0.3) is 11.8 Å². The first-order valence-electron chi connectivity index (χ1n) is 19.8. The molecule has 0 aromatic rings. The van der Waals surface area contributed by atoms with Gasteiger partial charge in [0.1, 0.15) is 6.04 Å². The largest absolute Gasteiger partial charge is 0.465 e. The highest BCUT2D eigenvalue weighted by Crippen LogP contribution is 2.06. The summed E-state index contributed by atoms with van der Waals surface area (Å²) < 4.78 is 42.9. The summed E-state index contributed by atoms with van der Waals surface area (Å²) in [5.74, 6) is -2.67. The number of hydrogen-bond donors (Lipinski definition) is 6. The molecule has 22 heteroatoms. The molecule has 1 aliphatic rings. The normalized spacial score (nSPS) is 12.7. The van der Waals surface area contributed by atoms with Crippen molar-refractivity contribution in [3.8, 4) is 0 Å². The molecule has 7 amide bonds. The number of imide groups is 1. The Hall–Kier alpha value is -4.29. The van der Waals surface area contributed by atoms with Gasteiger partial charge in [0, 0.05) is 71.2 Å². The van der Waals surface area contributed by atoms with Crippen LogP contribution in [0.2, 0.25) is 0 Å². The molecule has 0 aliphatic carbocycles. The van der Waals surface area contributed by atoms with E-state index >= 15 is 0 Å². The van der Waals surface area contributed by atoms with Gasteiger partial charge in [-0.15, -0.1) is 0 Å². The van der Waals surface area contributed by atoms with E-state index in [1.165, 1.54) is 0 Å². The van der Waals surface area contributed by atoms with Crippen LogP contribution in [-0.2, 0) is 66.7 Å². The molecule has 59 heavy (non-hydrogen) atoms. The Balaban J connectivity index is 2.16. The second-order valence-corrected chi connectivity index (χ2v) is 12.5. The van der Waals surface area contributed by atoms with Gasteiger partial charge in [0.15, 0.2) is 0 Å². The number of carboxylic acid groups (broad SMARTS) is 1. The van der Waals surface area contributed by atoms with Gasteiger partial charge in [-0.2, -0.15) is 0 Å². The molecule has 1 heterocycles. The van der Waals surface area contributed by atoms with E-state index in [0.717, 1.165) is 17.1 Å². The number of methoxy groups -OCH3 is 1. The lowest BCUT2D eigenvalue weighted by molar-refractivity contribution is -0.137. The zero-order valence-corrected chi connectivity index (χ0v) is 34.1. The third-order valence-electron chi connectivity index (χ3n) is 7.83. The second kappa shape index (κ2) is 36.8. The summed E-state index contributed by atoms with van der Waals surface area (Å²) in [4.78, 5) is 85.1. The lowest BCUT2D eigenvalue weighted by atomic mass is 10.1. The highest BCUT2D eigenvalue weighted by molar-refractivity contribution is 6.12. The minimum Gasteiger partial charge on any atom is -0.465 e. The Kier molecular flexibility index (Phi) is 32.9. The molecule has 0 aromatic carbocycles. The van der Waals surface area contributed by atoms with Crippen molar-refractivity contribution < 1.29 is 76.6 Å². The van der Waals surface area contributed by atoms with Crippen molar-refractivity contribution in [1.29, 1.82) is 0 Å². The Morgan fingerprint density at radius 1 is 0.542 bits per heavy atom. The first kappa shape index (κ1) is 52.7. The molecule has 0 saturated carbocycles. The Morgan fingerprint density at radius 2 is 0.983 bits per heavy atom. The minimum absolute atomic E-state index is 0.0196. The Morgan fingerprint density at radius 3 is 1.49 bits per heavy atom. The highest BCUT2D eigenvalue weighted by Gasteiger charge is 2.24. The maximum atomic E-state index is 13.0. The fourth-order valence-electron chi connectivity index (χ4n) is 4.82. The molecule has 1 atom stereocenters. The highest BCUT2D eigenvalue weighted by atomic mass is 16.6. The number of carbonyl (C=O) groups is 7. The molecule has 0 unspecified atom stereocenters. The second-order valence-electron chi connectivity index (χ2n) is 12.5. The van der Waals surface area contributed by atoms with Gasteiger partial charge < -0.3 is 69.6 Å². The van der Waals surface area contributed by atoms with Crippen molar-refractivity contribution in [2.45, 2.75) is 44.6 Å². The summed E-state index contributed by atoms with van der Waals surface area (Å²) >= 11 is 0. The SMILES string of the molecule is COCCOCCOCCOCCOCCOCCOCCOCCNC(=O)CC[C@H](NC(=O)CCCN1C(=O)C=CC1=O)C(=O)NCCCC(=O)NCCNC(=O)O. The molecule has 0 spiro atoms. The summed E-state index contributed by atoms with van der Waals surface area (Å²) in [6.45, 7) is 7.03. The summed E-state index contributed by atoms with van der Waals surface area (Å²) in [6.07, 6.45) is 1.43. The fraction of sp³-hybridized carbons (Fsp3) is 0.757. The predicted octanol–water partition coefficient (Wildman–Crippen LogP) is -1.88.